The van der Waals surface area contributed by atoms with E-state index in [0.29, 0.717) is 95.5 Å². The van der Waals surface area contributed by atoms with Crippen LogP contribution in [0.3, 0.4) is 0 Å². The van der Waals surface area contributed by atoms with Crippen LogP contribution in [0.1, 0.15) is 47.4 Å². The molecule has 0 spiro atoms. The molecule has 6 aromatic rings. The molecule has 0 aliphatic carbocycles. The topological polar surface area (TPSA) is 284 Å². The molecule has 260 valence electrons. The highest BCUT2D eigenvalue weighted by molar-refractivity contribution is 6.06. The summed E-state index contributed by atoms with van der Waals surface area (Å²) in [7, 11) is 0. The Hall–Kier alpha value is -6.02. The number of nitrogen functional groups attached to an aromatic ring is 2. The van der Waals surface area contributed by atoms with E-state index >= 15 is 0 Å². The van der Waals surface area contributed by atoms with E-state index in [0.717, 1.165) is 12.8 Å². The quantitative estimate of drug-likeness (QED) is 0.186. The lowest BCUT2D eigenvalue weighted by atomic mass is 10.2. The number of likely N-dealkylation sites (tertiary alicyclic amines) is 2. The Morgan fingerprint density at radius 1 is 0.700 bits per heavy atom. The van der Waals surface area contributed by atoms with Gasteiger partial charge >= 0.3 is 0 Å². The Morgan fingerprint density at radius 3 is 1.44 bits per heavy atom. The average molecular weight is 685 g/mol. The summed E-state index contributed by atoms with van der Waals surface area (Å²) in [6, 6.07) is 0.0347. The maximum atomic E-state index is 13.0. The average Bonchev–Trinajstić information content (AvgIpc) is 3.97. The summed E-state index contributed by atoms with van der Waals surface area (Å²) in [6.45, 7) is 7.42. The Bertz CT molecular complexity index is 2050. The van der Waals surface area contributed by atoms with Crippen LogP contribution in [-0.4, -0.2) is 110 Å². The number of nitrogens with zero attached hydrogens (tertiary/aromatic N) is 12. The molecule has 2 aliphatic heterocycles. The number of rotatable bonds is 6. The van der Waals surface area contributed by atoms with E-state index in [1.54, 1.807) is 34.6 Å². The third-order valence-corrected chi connectivity index (χ3v) is 8.87. The highest BCUT2D eigenvalue weighted by Crippen LogP contribution is 2.30. The smallest absolute Gasteiger partial charge is 0.257 e. The lowest BCUT2D eigenvalue weighted by Gasteiger charge is -2.16. The molecule has 20 nitrogen and oxygen atoms in total. The summed E-state index contributed by atoms with van der Waals surface area (Å²) in [6.07, 6.45) is 7.96. The standard InChI is InChI=1S/2C15H18N8O2/c2*1-2-23-12-9(15(24)22-4-3-8(16)7-22)5-18-6-10(12)19-14(23)11-13(17)21-25-20-11/h2*5-6,8H,2-4,7,16H2,1H3,(H2,17,21)/t2*8-/m00/s1. The van der Waals surface area contributed by atoms with Crippen molar-refractivity contribution < 1.29 is 18.8 Å². The molecule has 0 radical (unpaired) electrons. The van der Waals surface area contributed by atoms with Gasteiger partial charge in [0, 0.05) is 63.7 Å². The van der Waals surface area contributed by atoms with Crippen LogP contribution in [0.5, 0.6) is 0 Å². The van der Waals surface area contributed by atoms with Gasteiger partial charge in [-0.15, -0.1) is 0 Å². The number of aryl methyl sites for hydroxylation is 2. The van der Waals surface area contributed by atoms with E-state index in [1.807, 2.05) is 23.0 Å². The first-order chi connectivity index (χ1) is 24.2. The molecule has 0 saturated carbocycles. The van der Waals surface area contributed by atoms with Crippen molar-refractivity contribution in [2.75, 3.05) is 37.6 Å². The normalized spacial score (nSPS) is 17.5. The SMILES string of the molecule is CCn1c(-c2nonc2N)nc2cncc(C(=O)N3CC[C@H](N)C3)c21.CCn1c(-c2nonc2N)nc2cncc(C(=O)N3CC[C@H](N)C3)c21. The maximum absolute atomic E-state index is 13.0. The molecule has 0 bridgehead atoms. The number of carbonyl (C=O) groups is 2. The number of fused-ring (bicyclic) bond motifs is 2. The molecule has 50 heavy (non-hydrogen) atoms. The fourth-order valence-corrected chi connectivity index (χ4v) is 6.45. The fourth-order valence-electron chi connectivity index (χ4n) is 6.45. The molecular weight excluding hydrogens is 648 g/mol. The van der Waals surface area contributed by atoms with Crippen LogP contribution in [0, 0.1) is 0 Å². The largest absolute Gasteiger partial charge is 0.379 e. The van der Waals surface area contributed by atoms with Gasteiger partial charge in [-0.3, -0.25) is 19.6 Å². The summed E-state index contributed by atoms with van der Waals surface area (Å²) in [5, 5.41) is 14.9. The number of amides is 2. The monoisotopic (exact) mass is 684 g/mol. The van der Waals surface area contributed by atoms with Crippen LogP contribution in [0.25, 0.3) is 45.1 Å². The predicted octanol–water partition coefficient (Wildman–Crippen LogP) is 0.513. The molecule has 2 fully saturated rings. The lowest BCUT2D eigenvalue weighted by molar-refractivity contribution is 0.0784. The van der Waals surface area contributed by atoms with Gasteiger partial charge in [0.1, 0.15) is 11.0 Å². The van der Waals surface area contributed by atoms with Crippen LogP contribution >= 0.6 is 0 Å². The number of carbonyl (C=O) groups excluding carboxylic acids is 2. The number of anilines is 2. The Labute approximate surface area is 283 Å². The third kappa shape index (κ3) is 5.62. The Balaban J connectivity index is 0.000000157. The second-order valence-electron chi connectivity index (χ2n) is 12.1. The molecular formula is C30H36N16O4. The van der Waals surface area contributed by atoms with Gasteiger partial charge in [0.05, 0.1) is 34.6 Å². The first kappa shape index (κ1) is 32.5. The van der Waals surface area contributed by atoms with Gasteiger partial charge < -0.3 is 41.9 Å². The number of imidazole rings is 2. The Morgan fingerprint density at radius 2 is 1.12 bits per heavy atom. The second-order valence-corrected chi connectivity index (χ2v) is 12.1. The van der Waals surface area contributed by atoms with Gasteiger partial charge in [-0.2, -0.15) is 0 Å². The molecule has 2 atom stereocenters. The maximum Gasteiger partial charge on any atom is 0.257 e. The van der Waals surface area contributed by atoms with E-state index in [1.165, 1.54) is 0 Å². The number of hydrogen-bond acceptors (Lipinski definition) is 16. The highest BCUT2D eigenvalue weighted by Gasteiger charge is 2.30. The van der Waals surface area contributed by atoms with Crippen molar-refractivity contribution in [3.63, 3.8) is 0 Å². The van der Waals surface area contributed by atoms with Crippen LogP contribution in [0.15, 0.2) is 34.0 Å². The van der Waals surface area contributed by atoms with Gasteiger partial charge in [-0.25, -0.2) is 19.2 Å². The molecule has 8 rings (SSSR count). The third-order valence-electron chi connectivity index (χ3n) is 8.87. The molecule has 20 heteroatoms. The minimum absolute atomic E-state index is 0.0174. The summed E-state index contributed by atoms with van der Waals surface area (Å²) in [5.74, 6) is 1.09. The van der Waals surface area contributed by atoms with Crippen molar-refractivity contribution in [3.8, 4) is 23.0 Å². The van der Waals surface area contributed by atoms with Crippen LogP contribution in [0.2, 0.25) is 0 Å². The number of aromatic nitrogens is 10. The second kappa shape index (κ2) is 13.1. The molecule has 2 saturated heterocycles. The van der Waals surface area contributed by atoms with E-state index in [-0.39, 0.29) is 35.5 Å². The summed E-state index contributed by atoms with van der Waals surface area (Å²) in [5.41, 5.74) is 27.7. The highest BCUT2D eigenvalue weighted by atomic mass is 16.6. The van der Waals surface area contributed by atoms with Crippen molar-refractivity contribution in [2.24, 2.45) is 11.5 Å². The van der Waals surface area contributed by atoms with E-state index in [2.05, 4.69) is 49.8 Å². The molecule has 2 aliphatic rings. The van der Waals surface area contributed by atoms with Crippen molar-refractivity contribution in [3.05, 3.63) is 35.9 Å². The van der Waals surface area contributed by atoms with E-state index in [9.17, 15) is 9.59 Å². The molecule has 0 aromatic carbocycles. The van der Waals surface area contributed by atoms with Gasteiger partial charge in [0.15, 0.2) is 34.7 Å². The van der Waals surface area contributed by atoms with Gasteiger partial charge in [-0.1, -0.05) is 0 Å². The number of nitrogens with two attached hydrogens (primary N) is 4. The van der Waals surface area contributed by atoms with E-state index in [4.69, 9.17) is 22.9 Å². The molecule has 6 aromatic heterocycles. The van der Waals surface area contributed by atoms with Crippen molar-refractivity contribution in [1.29, 1.82) is 0 Å². The first-order valence-corrected chi connectivity index (χ1v) is 16.1. The van der Waals surface area contributed by atoms with Crippen molar-refractivity contribution in [2.45, 2.75) is 51.9 Å². The fraction of sp³-hybridized carbons (Fsp3) is 0.400. The number of hydrogen-bond donors (Lipinski definition) is 4. The summed E-state index contributed by atoms with van der Waals surface area (Å²) < 4.78 is 13.1. The van der Waals surface area contributed by atoms with Crippen LogP contribution in [-0.2, 0) is 13.1 Å². The zero-order chi connectivity index (χ0) is 35.1. The minimum atomic E-state index is -0.0987. The van der Waals surface area contributed by atoms with Gasteiger partial charge in [0.2, 0.25) is 0 Å². The Kier molecular flexibility index (Phi) is 8.53. The van der Waals surface area contributed by atoms with Crippen molar-refractivity contribution >= 4 is 45.5 Å². The van der Waals surface area contributed by atoms with Crippen molar-refractivity contribution in [1.82, 2.24) is 59.5 Å². The molecule has 8 N–H and O–H groups in total. The van der Waals surface area contributed by atoms with Gasteiger partial charge in [-0.05, 0) is 47.3 Å². The van der Waals surface area contributed by atoms with Crippen LogP contribution < -0.4 is 22.9 Å². The van der Waals surface area contributed by atoms with E-state index < -0.39 is 0 Å². The summed E-state index contributed by atoms with van der Waals surface area (Å²) in [4.78, 5) is 46.8. The lowest BCUT2D eigenvalue weighted by Crippen LogP contribution is -2.32. The predicted molar refractivity (Wildman–Crippen MR) is 179 cm³/mol. The van der Waals surface area contributed by atoms with Gasteiger partial charge in [0.25, 0.3) is 11.8 Å². The zero-order valence-electron chi connectivity index (χ0n) is 27.4. The van der Waals surface area contributed by atoms with Crippen LogP contribution in [0.4, 0.5) is 11.6 Å². The zero-order valence-corrected chi connectivity index (χ0v) is 27.4. The minimum Gasteiger partial charge on any atom is -0.379 e. The number of pyridine rings is 2. The first-order valence-electron chi connectivity index (χ1n) is 16.1. The molecule has 2 amide bonds. The summed E-state index contributed by atoms with van der Waals surface area (Å²) >= 11 is 0. The molecule has 0 unspecified atom stereocenters. The molecule has 8 heterocycles.